The van der Waals surface area contributed by atoms with Crippen LogP contribution >= 0.6 is 0 Å². The molecule has 10 heterocycles. The monoisotopic (exact) mass is 1860 g/mol. The van der Waals surface area contributed by atoms with Gasteiger partial charge < -0.3 is 22.1 Å². The lowest BCUT2D eigenvalue weighted by Crippen LogP contribution is -2.35. The van der Waals surface area contributed by atoms with E-state index in [2.05, 4.69) is 73.0 Å². The van der Waals surface area contributed by atoms with Crippen molar-refractivity contribution in [3.63, 3.8) is 0 Å². The van der Waals surface area contributed by atoms with E-state index in [0.717, 1.165) is 161 Å². The zero-order chi connectivity index (χ0) is 114. The summed E-state index contributed by atoms with van der Waals surface area (Å²) in [5.74, 6) is -4.46. The van der Waals surface area contributed by atoms with Crippen LogP contribution in [0.3, 0.4) is 0 Å². The molecule has 0 fully saturated rings. The van der Waals surface area contributed by atoms with Crippen LogP contribution in [0.1, 0.15) is 231 Å². The molecule has 0 aliphatic rings. The maximum absolute atomic E-state index is 8.99. The van der Waals surface area contributed by atoms with Crippen LogP contribution in [0.25, 0.3) is 190 Å². The van der Waals surface area contributed by atoms with E-state index < -0.39 is 43.2 Å². The number of aryl methyl sites for hydroxylation is 13. The molecule has 0 N–H and O–H groups in total. The maximum atomic E-state index is 8.99. The SMILES string of the molecule is [2H]C(C)(C)c1cc(C)[n+](C)c(-c2c(C)ccc3c2oc2c([N+]#[C-])cc(C)cc23)c1.[2H]C([2H])([2H])c1cc(C)c(-c2cc(C([2H])(C)C)cc(C)[n+]2C)c2oc3c([N+]#[C-])cccc3c12.[2H]C([2H])([2H])c1ccc([N+]#[C-])c2oc3c(-c4cc(C([2H])(C)C)cc(C)[n+]4C)c(C)ccc3c12.[2H]c1c(C([2H])(C)C)c([2H])c(-c2c(C)ccc3c2oc2c([N+]#[C-])c(C)ccc23)[n+](C)c1C.[2H]c1c(C([2H])(C)C)c([2H])c(-c2c(C)ccc3c2oc2c([N+]#[C-])cc(C)cc23)[n+](C)c1C. The Morgan fingerprint density at radius 1 is 0.257 bits per heavy atom. The minimum Gasteiger partial charge on any atom is -0.466 e. The highest BCUT2D eigenvalue weighted by Gasteiger charge is 2.33. The van der Waals surface area contributed by atoms with Gasteiger partial charge in [0.05, 0.1) is 66.2 Å². The highest BCUT2D eigenvalue weighted by molar-refractivity contribution is 6.18. The number of aromatic nitrogens is 5. The van der Waals surface area contributed by atoms with Crippen molar-refractivity contribution in [1.82, 2.24) is 0 Å². The third-order valence-electron chi connectivity index (χ3n) is 27.2. The van der Waals surface area contributed by atoms with Crippen LogP contribution in [-0.4, -0.2) is 0 Å². The summed E-state index contributed by atoms with van der Waals surface area (Å²) in [5.41, 5.74) is 31.7. The van der Waals surface area contributed by atoms with Crippen LogP contribution < -0.4 is 22.8 Å². The number of para-hydroxylation sites is 1. The number of fused-ring (bicyclic) bond motifs is 15. The lowest BCUT2D eigenvalue weighted by atomic mass is 9.94. The molecule has 0 saturated heterocycles. The normalized spacial score (nSPS) is 13.6. The Kier molecular flexibility index (Phi) is 21.8. The van der Waals surface area contributed by atoms with Crippen molar-refractivity contribution in [2.45, 2.75) is 202 Å². The van der Waals surface area contributed by atoms with Gasteiger partial charge in [0, 0.05) is 164 Å². The Balaban J connectivity index is 0.000000137. The number of nitrogens with zero attached hydrogens (tertiary/aromatic N) is 10. The van der Waals surface area contributed by atoms with Gasteiger partial charge in [-0.1, -0.05) is 190 Å². The number of pyridine rings is 5. The van der Waals surface area contributed by atoms with E-state index in [-0.39, 0.29) is 41.0 Å². The number of hydrogen-bond acceptors (Lipinski definition) is 5. The fourth-order valence-electron chi connectivity index (χ4n) is 18.8. The molecule has 10 aromatic heterocycles. The molecule has 15 heteroatoms. The van der Waals surface area contributed by atoms with Crippen molar-refractivity contribution in [3.05, 3.63) is 351 Å². The highest BCUT2D eigenvalue weighted by Crippen LogP contribution is 2.49. The van der Waals surface area contributed by atoms with Gasteiger partial charge >= 0.3 is 0 Å². The van der Waals surface area contributed by atoms with Crippen LogP contribution in [0.5, 0.6) is 0 Å². The van der Waals surface area contributed by atoms with Gasteiger partial charge in [-0.05, 0) is 183 Å². The summed E-state index contributed by atoms with van der Waals surface area (Å²) in [5, 5.41) is 7.80. The standard InChI is InChI=1S/5C25H25N2O/c1-14(2)18-12-17(5)27(7)21(13-18)23-16(4)8-10-19-22-15(3)9-11-20(26-6)25(22)28-24(19)23;1-14(2)18-12-17(5)27(7)21(13-18)22-15(3)8-10-19-20-11-9-16(4)23(26-6)25(20)28-24(19)22;2*1-14(2)18-12-17(5)27(7)22(13-18)23-16(4)8-9-19-20-10-15(3)11-21(26-6)24(20)28-25(19)23;1-14(2)18-12-17(5)27(7)21(13-18)23-16(4)11-15(3)22-19-9-8-10-20(26-6)24(19)28-25(22)23/h5*8-14H,1-5,7H3/q5*+1/i3D3,14D;2*12D,13D,14D;14D;3D3,14D. The third-order valence-corrected chi connectivity index (χ3v) is 27.2. The number of rotatable bonds is 10. The summed E-state index contributed by atoms with van der Waals surface area (Å²) in [6, 6.07) is 50.6. The van der Waals surface area contributed by atoms with Gasteiger partial charge in [-0.15, -0.1) is 0 Å². The molecule has 20 aromatic rings. The van der Waals surface area contributed by atoms with E-state index in [1.54, 1.807) is 52.0 Å². The van der Waals surface area contributed by atoms with Crippen LogP contribution in [0.15, 0.2) is 204 Å². The minimum atomic E-state index is -2.34. The summed E-state index contributed by atoms with van der Waals surface area (Å²) in [4.78, 5) is 18.2. The Morgan fingerprint density at radius 3 is 0.971 bits per heavy atom. The van der Waals surface area contributed by atoms with Crippen molar-refractivity contribution >= 4 is 138 Å². The molecular weight excluding hydrogens is 1720 g/mol. The molecule has 700 valence electrons. The van der Waals surface area contributed by atoms with Crippen LogP contribution in [0.2, 0.25) is 0 Å². The molecule has 0 radical (unpaired) electrons. The zero-order valence-corrected chi connectivity index (χ0v) is 85.0. The van der Waals surface area contributed by atoms with E-state index in [1.165, 1.54) is 12.1 Å². The summed E-state index contributed by atoms with van der Waals surface area (Å²) in [6.07, 6.45) is 0. The molecular formula is C125H125N10O5+5. The maximum Gasteiger partial charge on any atom is 0.232 e. The molecule has 0 saturated carbocycles. The topological polar surface area (TPSA) is 107 Å². The summed E-state index contributed by atoms with van der Waals surface area (Å²) in [6.45, 7) is 76.6. The first-order chi connectivity index (χ1) is 72.2. The van der Waals surface area contributed by atoms with Gasteiger partial charge in [0.1, 0.15) is 91.1 Å². The first kappa shape index (κ1) is 79.5. The lowest BCUT2D eigenvalue weighted by Gasteiger charge is -2.12. The molecule has 140 heavy (non-hydrogen) atoms. The van der Waals surface area contributed by atoms with Gasteiger partial charge in [0.25, 0.3) is 0 Å². The lowest BCUT2D eigenvalue weighted by molar-refractivity contribution is -0.666. The highest BCUT2D eigenvalue weighted by atomic mass is 16.3. The molecule has 0 atom stereocenters. The van der Waals surface area contributed by atoms with E-state index in [4.69, 9.17) is 75.5 Å². The van der Waals surface area contributed by atoms with Crippen molar-refractivity contribution in [2.24, 2.45) is 35.2 Å². The number of hydrogen-bond donors (Lipinski definition) is 0. The zero-order valence-electron chi connectivity index (χ0n) is 100. The molecule has 0 aliphatic carbocycles. The van der Waals surface area contributed by atoms with Crippen LogP contribution in [0.4, 0.5) is 28.4 Å². The van der Waals surface area contributed by atoms with Gasteiger partial charge in [-0.25, -0.2) is 24.2 Å². The van der Waals surface area contributed by atoms with Gasteiger partial charge in [0.2, 0.25) is 56.9 Å². The second-order valence-electron chi connectivity index (χ2n) is 38.1. The molecule has 0 spiro atoms. The van der Waals surface area contributed by atoms with Crippen molar-refractivity contribution in [3.8, 4) is 56.3 Å². The quantitative estimate of drug-likeness (QED) is 0.100. The second-order valence-corrected chi connectivity index (χ2v) is 38.1. The number of benzene rings is 10. The smallest absolute Gasteiger partial charge is 0.232 e. The fraction of sp³-hybridized carbons (Fsp3) is 0.280. The summed E-state index contributed by atoms with van der Waals surface area (Å²) in [7, 11) is 9.64. The van der Waals surface area contributed by atoms with Crippen LogP contribution in [-0.2, 0) is 35.2 Å². The van der Waals surface area contributed by atoms with Gasteiger partial charge in [-0.2, -0.15) is 22.8 Å². The Morgan fingerprint density at radius 2 is 0.571 bits per heavy atom. The van der Waals surface area contributed by atoms with E-state index >= 15 is 0 Å². The third kappa shape index (κ3) is 17.4. The summed E-state index contributed by atoms with van der Waals surface area (Å²) >= 11 is 0. The molecule has 15 nitrogen and oxygen atoms in total. The Labute approximate surface area is 844 Å². The molecule has 0 amide bonds. The molecule has 10 aromatic carbocycles. The van der Waals surface area contributed by atoms with Gasteiger partial charge in [-0.3, -0.25) is 0 Å². The fourth-order valence-corrected chi connectivity index (χ4v) is 18.8. The predicted octanol–water partition coefficient (Wildman–Crippen LogP) is 33.4. The Hall–Kier alpha value is -15.6. The van der Waals surface area contributed by atoms with Crippen molar-refractivity contribution in [2.75, 3.05) is 0 Å². The Bertz CT molecular complexity index is 9520. The largest absolute Gasteiger partial charge is 0.466 e. The van der Waals surface area contributed by atoms with E-state index in [0.29, 0.717) is 128 Å². The minimum absolute atomic E-state index is 0.163. The molecule has 20 rings (SSSR count). The number of furan rings is 5. The van der Waals surface area contributed by atoms with Crippen LogP contribution in [0, 0.1) is 137 Å². The first-order valence-corrected chi connectivity index (χ1v) is 46.6. The summed E-state index contributed by atoms with van der Waals surface area (Å²) < 4.78 is 168. The molecule has 0 aliphatic heterocycles. The van der Waals surface area contributed by atoms with Crippen molar-refractivity contribution < 1.29 is 65.5 Å². The predicted molar refractivity (Wildman–Crippen MR) is 574 cm³/mol. The average molecular weight is 1860 g/mol. The van der Waals surface area contributed by atoms with E-state index in [1.807, 2.05) is 262 Å². The molecule has 0 bridgehead atoms. The van der Waals surface area contributed by atoms with Gasteiger partial charge in [0.15, 0.2) is 28.5 Å². The van der Waals surface area contributed by atoms with Crippen molar-refractivity contribution in [1.29, 1.82) is 0 Å². The average Bonchev–Trinajstić information content (AvgIpc) is 1.60. The molecule has 0 unspecified atom stereocenters. The van der Waals surface area contributed by atoms with E-state index in [9.17, 15) is 0 Å². The first-order valence-electron chi connectivity index (χ1n) is 54.1. The second kappa shape index (κ2) is 38.4.